The number of rotatable bonds is 7. The van der Waals surface area contributed by atoms with Crippen LogP contribution in [0.15, 0.2) is 53.4 Å². The van der Waals surface area contributed by atoms with Crippen LogP contribution in [0.3, 0.4) is 0 Å². The van der Waals surface area contributed by atoms with Crippen LogP contribution in [0, 0.1) is 6.92 Å². The summed E-state index contributed by atoms with van der Waals surface area (Å²) in [6.45, 7) is 2.43. The van der Waals surface area contributed by atoms with Gasteiger partial charge >= 0.3 is 0 Å². The van der Waals surface area contributed by atoms with Crippen LogP contribution in [-0.2, 0) is 9.59 Å². The Morgan fingerprint density at radius 1 is 1.21 bits per heavy atom. The van der Waals surface area contributed by atoms with Crippen molar-refractivity contribution in [3.05, 3.63) is 64.6 Å². The molecule has 3 rings (SSSR count). The molecule has 0 radical (unpaired) electrons. The number of hydrogen-bond donors (Lipinski definition) is 1. The van der Waals surface area contributed by atoms with Gasteiger partial charge in [-0.05, 0) is 37.1 Å². The number of nitrogens with zero attached hydrogens (tertiary/aromatic N) is 1. The van der Waals surface area contributed by atoms with Gasteiger partial charge in [0.25, 0.3) is 5.91 Å². The van der Waals surface area contributed by atoms with Crippen LogP contribution in [0.25, 0.3) is 6.08 Å². The van der Waals surface area contributed by atoms with E-state index in [9.17, 15) is 9.59 Å². The lowest BCUT2D eigenvalue weighted by atomic mass is 10.1. The van der Waals surface area contributed by atoms with Gasteiger partial charge in [0.1, 0.15) is 10.1 Å². The Hall–Kier alpha value is -2.64. The molecule has 0 saturated carbocycles. The Labute approximate surface area is 180 Å². The van der Waals surface area contributed by atoms with Crippen molar-refractivity contribution in [3.63, 3.8) is 0 Å². The minimum absolute atomic E-state index is 0.106. The van der Waals surface area contributed by atoms with E-state index >= 15 is 0 Å². The number of ether oxygens (including phenoxy) is 1. The molecule has 0 atom stereocenters. The van der Waals surface area contributed by atoms with Crippen LogP contribution in [0.5, 0.6) is 5.75 Å². The van der Waals surface area contributed by atoms with Gasteiger partial charge < -0.3 is 10.1 Å². The first-order chi connectivity index (χ1) is 14.0. The summed E-state index contributed by atoms with van der Waals surface area (Å²) in [5.74, 6) is 0.375. The molecule has 0 unspecified atom stereocenters. The molecule has 0 spiro atoms. The summed E-state index contributed by atoms with van der Waals surface area (Å²) in [6.07, 6.45) is 2.66. The first kappa shape index (κ1) is 21.1. The van der Waals surface area contributed by atoms with Crippen molar-refractivity contribution < 1.29 is 14.3 Å². The van der Waals surface area contributed by atoms with Crippen LogP contribution in [0.4, 0.5) is 5.69 Å². The van der Waals surface area contributed by atoms with Gasteiger partial charge in [-0.1, -0.05) is 65.9 Å². The Bertz CT molecular complexity index is 955. The molecule has 1 aliphatic heterocycles. The number of benzene rings is 2. The number of nitrogens with one attached hydrogen (secondary N) is 1. The molecule has 1 aliphatic rings. The molecule has 2 aromatic rings. The molecule has 7 heteroatoms. The van der Waals surface area contributed by atoms with E-state index in [0.717, 1.165) is 5.56 Å². The summed E-state index contributed by atoms with van der Waals surface area (Å²) < 4.78 is 5.76. The number of methoxy groups -OCH3 is 1. The second kappa shape index (κ2) is 9.71. The summed E-state index contributed by atoms with van der Waals surface area (Å²) in [5, 5.41) is 2.84. The number of para-hydroxylation sites is 2. The minimum Gasteiger partial charge on any atom is -0.495 e. The molecular weight excluding hydrogens is 404 g/mol. The van der Waals surface area contributed by atoms with E-state index in [-0.39, 0.29) is 18.2 Å². The van der Waals surface area contributed by atoms with E-state index in [1.807, 2.05) is 49.4 Å². The van der Waals surface area contributed by atoms with Gasteiger partial charge in [0.2, 0.25) is 5.91 Å². The predicted octanol–water partition coefficient (Wildman–Crippen LogP) is 4.62. The number of carbonyl (C=O) groups excluding carboxylic acids is 2. The largest absolute Gasteiger partial charge is 0.495 e. The van der Waals surface area contributed by atoms with Gasteiger partial charge in [0.15, 0.2) is 0 Å². The molecule has 5 nitrogen and oxygen atoms in total. The quantitative estimate of drug-likeness (QED) is 0.517. The maximum absolute atomic E-state index is 12.7. The number of thioether (sulfide) groups is 1. The van der Waals surface area contributed by atoms with Crippen LogP contribution >= 0.6 is 24.0 Å². The van der Waals surface area contributed by atoms with E-state index in [1.54, 1.807) is 24.1 Å². The highest BCUT2D eigenvalue weighted by molar-refractivity contribution is 8.26. The first-order valence-electron chi connectivity index (χ1n) is 9.23. The van der Waals surface area contributed by atoms with Gasteiger partial charge in [0.05, 0.1) is 17.7 Å². The lowest BCUT2D eigenvalue weighted by molar-refractivity contribution is -0.122. The maximum Gasteiger partial charge on any atom is 0.266 e. The fourth-order valence-electron chi connectivity index (χ4n) is 2.87. The molecule has 29 heavy (non-hydrogen) atoms. The van der Waals surface area contributed by atoms with Crippen molar-refractivity contribution in [2.75, 3.05) is 19.0 Å². The molecule has 1 saturated heterocycles. The molecule has 1 heterocycles. The number of carbonyl (C=O) groups is 2. The predicted molar refractivity (Wildman–Crippen MR) is 122 cm³/mol. The average Bonchev–Trinajstić information content (AvgIpc) is 2.97. The monoisotopic (exact) mass is 426 g/mol. The van der Waals surface area contributed by atoms with Crippen LogP contribution in [-0.4, -0.2) is 34.7 Å². The number of thiocarbonyl (C=S) groups is 1. The zero-order valence-electron chi connectivity index (χ0n) is 16.3. The fourth-order valence-corrected chi connectivity index (χ4v) is 4.17. The average molecular weight is 427 g/mol. The third-order valence-electron chi connectivity index (χ3n) is 4.42. The molecule has 0 aliphatic carbocycles. The topological polar surface area (TPSA) is 58.6 Å². The normalized spacial score (nSPS) is 15.1. The first-order valence-corrected chi connectivity index (χ1v) is 10.5. The molecule has 0 aromatic heterocycles. The van der Waals surface area contributed by atoms with Crippen LogP contribution < -0.4 is 10.1 Å². The fraction of sp³-hybridized carbons (Fsp3) is 0.227. The molecule has 1 N–H and O–H groups in total. The summed E-state index contributed by atoms with van der Waals surface area (Å²) in [7, 11) is 1.56. The second-order valence-corrected chi connectivity index (χ2v) is 8.27. The van der Waals surface area contributed by atoms with E-state index in [0.29, 0.717) is 33.6 Å². The van der Waals surface area contributed by atoms with Gasteiger partial charge in [-0.2, -0.15) is 0 Å². The summed E-state index contributed by atoms with van der Waals surface area (Å²) in [4.78, 5) is 27.1. The van der Waals surface area contributed by atoms with Crippen molar-refractivity contribution >= 4 is 51.9 Å². The molecule has 0 bridgehead atoms. The SMILES string of the molecule is COc1ccccc1NC(=O)CCCN1C(=O)/C(=C/c2ccc(C)cc2)SC1=S. The molecule has 2 amide bonds. The highest BCUT2D eigenvalue weighted by atomic mass is 32.2. The van der Waals surface area contributed by atoms with E-state index in [1.165, 1.54) is 17.3 Å². The van der Waals surface area contributed by atoms with Crippen LogP contribution in [0.2, 0.25) is 0 Å². The Kier molecular flexibility index (Phi) is 7.06. The van der Waals surface area contributed by atoms with E-state index in [4.69, 9.17) is 17.0 Å². The number of amides is 2. The highest BCUT2D eigenvalue weighted by Gasteiger charge is 2.31. The Morgan fingerprint density at radius 3 is 2.66 bits per heavy atom. The zero-order valence-corrected chi connectivity index (χ0v) is 17.9. The van der Waals surface area contributed by atoms with Gasteiger partial charge in [-0.15, -0.1) is 0 Å². The van der Waals surface area contributed by atoms with Gasteiger partial charge in [0, 0.05) is 13.0 Å². The zero-order chi connectivity index (χ0) is 20.8. The lowest BCUT2D eigenvalue weighted by Crippen LogP contribution is -2.29. The highest BCUT2D eigenvalue weighted by Crippen LogP contribution is 2.32. The molecule has 1 fully saturated rings. The number of anilines is 1. The van der Waals surface area contributed by atoms with Crippen molar-refractivity contribution in [1.82, 2.24) is 4.90 Å². The molecule has 2 aromatic carbocycles. The second-order valence-electron chi connectivity index (χ2n) is 6.60. The summed E-state index contributed by atoms with van der Waals surface area (Å²) in [5.41, 5.74) is 2.76. The van der Waals surface area contributed by atoms with Crippen molar-refractivity contribution in [2.45, 2.75) is 19.8 Å². The number of hydrogen-bond acceptors (Lipinski definition) is 5. The smallest absolute Gasteiger partial charge is 0.266 e. The van der Waals surface area contributed by atoms with Crippen molar-refractivity contribution in [3.8, 4) is 5.75 Å². The van der Waals surface area contributed by atoms with Gasteiger partial charge in [-0.25, -0.2) is 0 Å². The third kappa shape index (κ3) is 5.46. The summed E-state index contributed by atoms with van der Waals surface area (Å²) in [6, 6.07) is 15.2. The van der Waals surface area contributed by atoms with Crippen molar-refractivity contribution in [1.29, 1.82) is 0 Å². The lowest BCUT2D eigenvalue weighted by Gasteiger charge is -2.14. The minimum atomic E-state index is -0.130. The van der Waals surface area contributed by atoms with Gasteiger partial charge in [-0.3, -0.25) is 14.5 Å². The molecular formula is C22H22N2O3S2. The molecule has 150 valence electrons. The Morgan fingerprint density at radius 2 is 1.93 bits per heavy atom. The van der Waals surface area contributed by atoms with E-state index in [2.05, 4.69) is 5.32 Å². The van der Waals surface area contributed by atoms with Crippen molar-refractivity contribution in [2.24, 2.45) is 0 Å². The maximum atomic E-state index is 12.7. The van der Waals surface area contributed by atoms with Crippen LogP contribution in [0.1, 0.15) is 24.0 Å². The third-order valence-corrected chi connectivity index (χ3v) is 5.79. The number of aryl methyl sites for hydroxylation is 1. The summed E-state index contributed by atoms with van der Waals surface area (Å²) >= 11 is 6.66. The Balaban J connectivity index is 1.54. The van der Waals surface area contributed by atoms with E-state index < -0.39 is 0 Å². The standard InChI is InChI=1S/C22H22N2O3S2/c1-15-9-11-16(12-10-15)14-19-21(26)24(22(28)29-19)13-5-8-20(25)23-17-6-3-4-7-18(17)27-2/h3-4,6-7,9-12,14H,5,8,13H2,1-2H3,(H,23,25)/b19-14-.